The van der Waals surface area contributed by atoms with Crippen LogP contribution < -0.4 is 4.74 Å². The molecule has 0 saturated heterocycles. The molecule has 0 bridgehead atoms. The van der Waals surface area contributed by atoms with Crippen LogP contribution in [0.4, 0.5) is 26.3 Å². The number of nitrogens with zero attached hydrogens (tertiary/aromatic N) is 1. The van der Waals surface area contributed by atoms with Crippen LogP contribution in [0.5, 0.6) is 5.75 Å². The van der Waals surface area contributed by atoms with Crippen molar-refractivity contribution in [2.24, 2.45) is 0 Å². The van der Waals surface area contributed by atoms with Gasteiger partial charge in [-0.25, -0.2) is 0 Å². The number of ether oxygens (including phenoxy) is 1. The minimum absolute atomic E-state index is 0.264. The van der Waals surface area contributed by atoms with E-state index in [9.17, 15) is 31.1 Å². The summed E-state index contributed by atoms with van der Waals surface area (Å²) in [5.74, 6) is -2.22. The van der Waals surface area contributed by atoms with E-state index in [1.54, 1.807) is 0 Å². The van der Waals surface area contributed by atoms with Gasteiger partial charge in [-0.15, -0.1) is 13.2 Å². The number of carbonyl (C=O) groups is 1. The third-order valence-electron chi connectivity index (χ3n) is 3.02. The lowest BCUT2D eigenvalue weighted by Crippen LogP contribution is -2.18. The molecule has 1 N–H and O–H groups in total. The average Bonchev–Trinajstić information content (AvgIpc) is 2.45. The summed E-state index contributed by atoms with van der Waals surface area (Å²) in [5, 5.41) is 8.66. The Hall–Kier alpha value is -2.78. The molecule has 10 heteroatoms. The van der Waals surface area contributed by atoms with Crippen molar-refractivity contribution >= 4 is 5.97 Å². The number of pyridine rings is 1. The van der Waals surface area contributed by atoms with Crippen molar-refractivity contribution in [1.29, 1.82) is 0 Å². The highest BCUT2D eigenvalue weighted by Crippen LogP contribution is 2.38. The second kappa shape index (κ2) is 6.61. The molecular weight excluding hydrogens is 356 g/mol. The van der Waals surface area contributed by atoms with Crippen LogP contribution in [0, 0.1) is 0 Å². The molecule has 0 aliphatic rings. The molecule has 2 rings (SSSR count). The molecule has 0 aliphatic heterocycles. The first-order valence-corrected chi connectivity index (χ1v) is 6.60. The highest BCUT2D eigenvalue weighted by molar-refractivity contribution is 5.73. The summed E-state index contributed by atoms with van der Waals surface area (Å²) < 4.78 is 80.5. The lowest BCUT2D eigenvalue weighted by atomic mass is 10.0. The summed E-state index contributed by atoms with van der Waals surface area (Å²) in [5.41, 5.74) is -2.63. The zero-order chi connectivity index (χ0) is 18.8. The number of para-hydroxylation sites is 1. The first kappa shape index (κ1) is 18.6. The lowest BCUT2D eigenvalue weighted by molar-refractivity contribution is -0.274. The van der Waals surface area contributed by atoms with Crippen LogP contribution in [0.15, 0.2) is 36.5 Å². The monoisotopic (exact) mass is 365 g/mol. The van der Waals surface area contributed by atoms with Crippen molar-refractivity contribution in [3.63, 3.8) is 0 Å². The molecule has 0 saturated carbocycles. The molecule has 1 aromatic carbocycles. The number of aromatic nitrogens is 1. The summed E-state index contributed by atoms with van der Waals surface area (Å²) in [4.78, 5) is 14.1. The quantitative estimate of drug-likeness (QED) is 0.821. The minimum Gasteiger partial charge on any atom is -0.481 e. The van der Waals surface area contributed by atoms with E-state index in [2.05, 4.69) is 9.72 Å². The van der Waals surface area contributed by atoms with Gasteiger partial charge in [-0.3, -0.25) is 9.78 Å². The van der Waals surface area contributed by atoms with E-state index in [-0.39, 0.29) is 11.1 Å². The lowest BCUT2D eigenvalue weighted by Gasteiger charge is -2.16. The van der Waals surface area contributed by atoms with Gasteiger partial charge in [0.05, 0.1) is 17.7 Å². The van der Waals surface area contributed by atoms with Gasteiger partial charge in [-0.05, 0) is 12.1 Å². The van der Waals surface area contributed by atoms with E-state index < -0.39 is 41.9 Å². The van der Waals surface area contributed by atoms with Crippen molar-refractivity contribution in [2.45, 2.75) is 19.0 Å². The maximum absolute atomic E-state index is 13.1. The van der Waals surface area contributed by atoms with Gasteiger partial charge in [-0.2, -0.15) is 13.2 Å². The summed E-state index contributed by atoms with van der Waals surface area (Å²) in [7, 11) is 0. The standard InChI is InChI=1S/C15H9F6NO3/c16-14(17,18)10-5-8(7-22-11(10)6-13(23)24)9-3-1-2-4-12(9)25-15(19,20)21/h1-5,7H,6H2,(H,23,24). The van der Waals surface area contributed by atoms with Crippen LogP contribution >= 0.6 is 0 Å². The van der Waals surface area contributed by atoms with Gasteiger partial charge in [0, 0.05) is 17.3 Å². The Morgan fingerprint density at radius 2 is 1.76 bits per heavy atom. The van der Waals surface area contributed by atoms with Gasteiger partial charge in [0.25, 0.3) is 0 Å². The van der Waals surface area contributed by atoms with Crippen molar-refractivity contribution in [1.82, 2.24) is 4.98 Å². The van der Waals surface area contributed by atoms with Crippen molar-refractivity contribution < 1.29 is 41.0 Å². The molecule has 0 amide bonds. The van der Waals surface area contributed by atoms with Gasteiger partial charge in [-0.1, -0.05) is 18.2 Å². The fourth-order valence-corrected chi connectivity index (χ4v) is 2.09. The normalized spacial score (nSPS) is 12.1. The molecule has 1 heterocycles. The summed E-state index contributed by atoms with van der Waals surface area (Å²) in [6.07, 6.45) is -10.1. The Labute approximate surface area is 136 Å². The Morgan fingerprint density at radius 3 is 2.32 bits per heavy atom. The number of carboxylic acids is 1. The summed E-state index contributed by atoms with van der Waals surface area (Å²) >= 11 is 0. The number of carboxylic acid groups (broad SMARTS) is 1. The topological polar surface area (TPSA) is 59.4 Å². The Kier molecular flexibility index (Phi) is 4.91. The Bertz CT molecular complexity index is 786. The number of rotatable bonds is 4. The van der Waals surface area contributed by atoms with Crippen LogP contribution in [0.2, 0.25) is 0 Å². The molecule has 0 radical (unpaired) electrons. The molecular formula is C15H9F6NO3. The molecule has 0 aliphatic carbocycles. The van der Waals surface area contributed by atoms with Crippen LogP contribution in [0.3, 0.4) is 0 Å². The predicted octanol–water partition coefficient (Wildman–Crippen LogP) is 4.29. The molecule has 4 nitrogen and oxygen atoms in total. The number of hydrogen-bond acceptors (Lipinski definition) is 3. The maximum Gasteiger partial charge on any atom is 0.573 e. The highest BCUT2D eigenvalue weighted by atomic mass is 19.4. The molecule has 1 aromatic heterocycles. The van der Waals surface area contributed by atoms with Crippen LogP contribution in [0.1, 0.15) is 11.3 Å². The van der Waals surface area contributed by atoms with Gasteiger partial charge >= 0.3 is 18.5 Å². The zero-order valence-electron chi connectivity index (χ0n) is 12.1. The number of alkyl halides is 6. The minimum atomic E-state index is -5.03. The predicted molar refractivity (Wildman–Crippen MR) is 72.7 cm³/mol. The van der Waals surface area contributed by atoms with Gasteiger partial charge in [0.2, 0.25) is 0 Å². The van der Waals surface area contributed by atoms with E-state index in [4.69, 9.17) is 5.11 Å². The van der Waals surface area contributed by atoms with Crippen molar-refractivity contribution in [2.75, 3.05) is 0 Å². The van der Waals surface area contributed by atoms with E-state index in [0.29, 0.717) is 6.07 Å². The summed E-state index contributed by atoms with van der Waals surface area (Å²) in [6, 6.07) is 5.17. The third-order valence-corrected chi connectivity index (χ3v) is 3.02. The molecule has 134 valence electrons. The van der Waals surface area contributed by atoms with Crippen molar-refractivity contribution in [3.05, 3.63) is 47.8 Å². The first-order chi connectivity index (χ1) is 11.5. The fourth-order valence-electron chi connectivity index (χ4n) is 2.09. The molecule has 0 atom stereocenters. The smallest absolute Gasteiger partial charge is 0.481 e. The van der Waals surface area contributed by atoms with Gasteiger partial charge in [0.1, 0.15) is 5.75 Å². The summed E-state index contributed by atoms with van der Waals surface area (Å²) in [6.45, 7) is 0. The van der Waals surface area contributed by atoms with E-state index >= 15 is 0 Å². The van der Waals surface area contributed by atoms with Crippen LogP contribution in [-0.2, 0) is 17.4 Å². The maximum atomic E-state index is 13.1. The van der Waals surface area contributed by atoms with E-state index in [1.807, 2.05) is 0 Å². The highest BCUT2D eigenvalue weighted by Gasteiger charge is 2.36. The van der Waals surface area contributed by atoms with Crippen LogP contribution in [-0.4, -0.2) is 22.4 Å². The molecule has 0 unspecified atom stereocenters. The Balaban J connectivity index is 2.56. The van der Waals surface area contributed by atoms with Crippen LogP contribution in [0.25, 0.3) is 11.1 Å². The van der Waals surface area contributed by atoms with E-state index in [1.165, 1.54) is 12.1 Å². The number of hydrogen-bond donors (Lipinski definition) is 1. The fraction of sp³-hybridized carbons (Fsp3) is 0.200. The zero-order valence-corrected chi connectivity index (χ0v) is 12.1. The third kappa shape index (κ3) is 4.85. The number of benzene rings is 1. The van der Waals surface area contributed by atoms with Gasteiger partial charge in [0.15, 0.2) is 0 Å². The van der Waals surface area contributed by atoms with E-state index in [0.717, 1.165) is 18.3 Å². The second-order valence-corrected chi connectivity index (χ2v) is 4.83. The SMILES string of the molecule is O=C(O)Cc1ncc(-c2ccccc2OC(F)(F)F)cc1C(F)(F)F. The first-order valence-electron chi connectivity index (χ1n) is 6.60. The molecule has 25 heavy (non-hydrogen) atoms. The molecule has 0 fully saturated rings. The molecule has 0 spiro atoms. The van der Waals surface area contributed by atoms with Crippen molar-refractivity contribution in [3.8, 4) is 16.9 Å². The largest absolute Gasteiger partial charge is 0.573 e. The number of halogens is 6. The van der Waals surface area contributed by atoms with Gasteiger partial charge < -0.3 is 9.84 Å². The second-order valence-electron chi connectivity index (χ2n) is 4.83. The Morgan fingerprint density at radius 1 is 1.12 bits per heavy atom. The molecule has 2 aromatic rings. The number of aliphatic carboxylic acids is 1. The average molecular weight is 365 g/mol.